The minimum atomic E-state index is -3.12. The van der Waals surface area contributed by atoms with Crippen molar-refractivity contribution in [3.8, 4) is 5.75 Å². The second-order valence-electron chi connectivity index (χ2n) is 3.92. The summed E-state index contributed by atoms with van der Waals surface area (Å²) in [6, 6.07) is 4.84. The first kappa shape index (κ1) is 12.6. The fourth-order valence-electron chi connectivity index (χ4n) is 1.76. The van der Waals surface area contributed by atoms with Crippen molar-refractivity contribution < 1.29 is 23.0 Å². The molecule has 2 rings (SSSR count). The maximum absolute atomic E-state index is 13.6. The lowest BCUT2D eigenvalue weighted by atomic mass is 10.00. The molecule has 0 spiro atoms. The predicted molar refractivity (Wildman–Crippen MR) is 59.8 cm³/mol. The van der Waals surface area contributed by atoms with Gasteiger partial charge in [0.15, 0.2) is 6.61 Å². The molecule has 0 aliphatic carbocycles. The first-order valence-corrected chi connectivity index (χ1v) is 5.57. The zero-order valence-electron chi connectivity index (χ0n) is 9.78. The van der Waals surface area contributed by atoms with Crippen molar-refractivity contribution in [2.75, 3.05) is 13.2 Å². The fourth-order valence-corrected chi connectivity index (χ4v) is 1.76. The van der Waals surface area contributed by atoms with E-state index in [0.717, 1.165) is 0 Å². The highest BCUT2D eigenvalue weighted by molar-refractivity contribution is 5.69. The van der Waals surface area contributed by atoms with Crippen LogP contribution in [0.1, 0.15) is 18.5 Å². The van der Waals surface area contributed by atoms with Crippen LogP contribution in [0.4, 0.5) is 13.6 Å². The van der Waals surface area contributed by atoms with Gasteiger partial charge in [0, 0.05) is 0 Å². The molecule has 1 aliphatic rings. The molecule has 18 heavy (non-hydrogen) atoms. The number of amides is 1. The molecule has 98 valence electrons. The standard InChI is InChI=1S/C12H13F2NO3/c1-2-17-9-5-3-8(4-6-9)10-12(13,14)7-18-11(16)15-10/h3-6,10H,2,7H2,1H3,(H,15,16)/t10-/m1/s1. The van der Waals surface area contributed by atoms with Gasteiger partial charge in [-0.2, -0.15) is 0 Å². The van der Waals surface area contributed by atoms with E-state index in [1.54, 1.807) is 12.1 Å². The van der Waals surface area contributed by atoms with Crippen molar-refractivity contribution in [2.24, 2.45) is 0 Å². The lowest BCUT2D eigenvalue weighted by Crippen LogP contribution is -2.49. The topological polar surface area (TPSA) is 47.6 Å². The van der Waals surface area contributed by atoms with E-state index in [4.69, 9.17) is 4.74 Å². The van der Waals surface area contributed by atoms with Crippen LogP contribution in [0.2, 0.25) is 0 Å². The third kappa shape index (κ3) is 2.52. The monoisotopic (exact) mass is 257 g/mol. The minimum absolute atomic E-state index is 0.320. The van der Waals surface area contributed by atoms with Crippen LogP contribution in [-0.2, 0) is 4.74 Å². The van der Waals surface area contributed by atoms with Gasteiger partial charge < -0.3 is 14.8 Å². The van der Waals surface area contributed by atoms with Gasteiger partial charge in [-0.15, -0.1) is 0 Å². The highest BCUT2D eigenvalue weighted by atomic mass is 19.3. The number of carbonyl (C=O) groups is 1. The Bertz CT molecular complexity index is 433. The van der Waals surface area contributed by atoms with Crippen molar-refractivity contribution in [1.29, 1.82) is 0 Å². The first-order valence-electron chi connectivity index (χ1n) is 5.57. The summed E-state index contributed by atoms with van der Waals surface area (Å²) >= 11 is 0. The lowest BCUT2D eigenvalue weighted by molar-refractivity contribution is -0.104. The van der Waals surface area contributed by atoms with Gasteiger partial charge in [0.05, 0.1) is 6.61 Å². The smallest absolute Gasteiger partial charge is 0.408 e. The second kappa shape index (κ2) is 4.80. The summed E-state index contributed by atoms with van der Waals surface area (Å²) in [6.07, 6.45) is -0.834. The molecular formula is C12H13F2NO3. The molecular weight excluding hydrogens is 244 g/mol. The number of ether oxygens (including phenoxy) is 2. The van der Waals surface area contributed by atoms with Gasteiger partial charge in [0.2, 0.25) is 0 Å². The van der Waals surface area contributed by atoms with Gasteiger partial charge in [-0.3, -0.25) is 0 Å². The predicted octanol–water partition coefficient (Wildman–Crippen LogP) is 2.50. The van der Waals surface area contributed by atoms with Crippen LogP contribution in [-0.4, -0.2) is 25.2 Å². The fraction of sp³-hybridized carbons (Fsp3) is 0.417. The SMILES string of the molecule is CCOc1ccc([C@H]2NC(=O)OCC2(F)F)cc1. The lowest BCUT2D eigenvalue weighted by Gasteiger charge is -2.31. The van der Waals surface area contributed by atoms with Crippen LogP contribution < -0.4 is 10.1 Å². The number of rotatable bonds is 3. The number of nitrogens with one attached hydrogen (secondary N) is 1. The molecule has 0 saturated carbocycles. The van der Waals surface area contributed by atoms with Gasteiger partial charge in [-0.05, 0) is 24.6 Å². The Kier molecular flexibility index (Phi) is 3.36. The summed E-state index contributed by atoms with van der Waals surface area (Å²) in [5.74, 6) is -2.52. The highest BCUT2D eigenvalue weighted by Crippen LogP contribution is 2.34. The van der Waals surface area contributed by atoms with Gasteiger partial charge in [0.1, 0.15) is 11.8 Å². The Labute approximate surface area is 103 Å². The summed E-state index contributed by atoms with van der Waals surface area (Å²) in [5, 5.41) is 2.12. The third-order valence-electron chi connectivity index (χ3n) is 2.60. The van der Waals surface area contributed by atoms with E-state index in [0.29, 0.717) is 17.9 Å². The van der Waals surface area contributed by atoms with Crippen LogP contribution in [0.15, 0.2) is 24.3 Å². The van der Waals surface area contributed by atoms with Gasteiger partial charge in [0.25, 0.3) is 0 Å². The molecule has 0 radical (unpaired) electrons. The van der Waals surface area contributed by atoms with E-state index in [-0.39, 0.29) is 0 Å². The number of halogens is 2. The summed E-state index contributed by atoms with van der Waals surface area (Å²) in [4.78, 5) is 11.0. The number of benzene rings is 1. The van der Waals surface area contributed by atoms with E-state index < -0.39 is 24.7 Å². The molecule has 1 fully saturated rings. The number of cyclic esters (lactones) is 1. The van der Waals surface area contributed by atoms with Gasteiger partial charge in [-0.1, -0.05) is 12.1 Å². The van der Waals surface area contributed by atoms with Crippen LogP contribution in [0.25, 0.3) is 0 Å². The number of hydrogen-bond acceptors (Lipinski definition) is 3. The molecule has 1 aliphatic heterocycles. The van der Waals surface area contributed by atoms with Crippen LogP contribution in [0, 0.1) is 0 Å². The highest BCUT2D eigenvalue weighted by Gasteiger charge is 2.46. The van der Waals surface area contributed by atoms with Crippen molar-refractivity contribution >= 4 is 6.09 Å². The van der Waals surface area contributed by atoms with E-state index in [9.17, 15) is 13.6 Å². The Morgan fingerprint density at radius 3 is 2.72 bits per heavy atom. The Morgan fingerprint density at radius 2 is 2.11 bits per heavy atom. The summed E-state index contributed by atoms with van der Waals surface area (Å²) in [5.41, 5.74) is 0.320. The number of alkyl carbamates (subject to hydrolysis) is 1. The van der Waals surface area contributed by atoms with Gasteiger partial charge in [-0.25, -0.2) is 13.6 Å². The summed E-state index contributed by atoms with van der Waals surface area (Å²) < 4.78 is 36.7. The second-order valence-corrected chi connectivity index (χ2v) is 3.92. The van der Waals surface area contributed by atoms with Crippen molar-refractivity contribution in [1.82, 2.24) is 5.32 Å². The molecule has 0 aromatic heterocycles. The van der Waals surface area contributed by atoms with E-state index in [2.05, 4.69) is 10.1 Å². The molecule has 4 nitrogen and oxygen atoms in total. The van der Waals surface area contributed by atoms with Crippen LogP contribution >= 0.6 is 0 Å². The Balaban J connectivity index is 2.20. The van der Waals surface area contributed by atoms with E-state index in [1.807, 2.05) is 6.92 Å². The zero-order valence-corrected chi connectivity index (χ0v) is 9.78. The van der Waals surface area contributed by atoms with Crippen LogP contribution in [0.5, 0.6) is 5.75 Å². The quantitative estimate of drug-likeness (QED) is 0.905. The molecule has 1 atom stereocenters. The number of hydrogen-bond donors (Lipinski definition) is 1. The third-order valence-corrected chi connectivity index (χ3v) is 2.60. The molecule has 0 bridgehead atoms. The molecule has 1 aromatic rings. The number of alkyl halides is 2. The van der Waals surface area contributed by atoms with E-state index in [1.165, 1.54) is 12.1 Å². The molecule has 1 aromatic carbocycles. The summed E-state index contributed by atoms with van der Waals surface area (Å²) in [7, 11) is 0. The van der Waals surface area contributed by atoms with Crippen molar-refractivity contribution in [2.45, 2.75) is 18.9 Å². The van der Waals surface area contributed by atoms with Crippen molar-refractivity contribution in [3.63, 3.8) is 0 Å². The molecule has 6 heteroatoms. The zero-order chi connectivity index (χ0) is 13.2. The van der Waals surface area contributed by atoms with Crippen molar-refractivity contribution in [3.05, 3.63) is 29.8 Å². The maximum atomic E-state index is 13.6. The average Bonchev–Trinajstić information content (AvgIpc) is 2.34. The largest absolute Gasteiger partial charge is 0.494 e. The summed E-state index contributed by atoms with van der Waals surface area (Å²) in [6.45, 7) is 1.43. The Morgan fingerprint density at radius 1 is 1.44 bits per heavy atom. The van der Waals surface area contributed by atoms with Gasteiger partial charge >= 0.3 is 12.0 Å². The first-order chi connectivity index (χ1) is 8.53. The molecule has 0 unspecified atom stereocenters. The maximum Gasteiger partial charge on any atom is 0.408 e. The molecule has 1 amide bonds. The Hall–Kier alpha value is -1.85. The molecule has 1 N–H and O–H groups in total. The minimum Gasteiger partial charge on any atom is -0.494 e. The van der Waals surface area contributed by atoms with E-state index >= 15 is 0 Å². The molecule has 1 saturated heterocycles. The number of carbonyl (C=O) groups excluding carboxylic acids is 1. The normalized spacial score (nSPS) is 21.9. The average molecular weight is 257 g/mol. The molecule has 1 heterocycles. The van der Waals surface area contributed by atoms with Crippen LogP contribution in [0.3, 0.4) is 0 Å².